The Labute approximate surface area is 122 Å². The van der Waals surface area contributed by atoms with E-state index in [1.54, 1.807) is 7.11 Å². The first-order valence-electron chi connectivity index (χ1n) is 7.07. The van der Waals surface area contributed by atoms with E-state index in [0.29, 0.717) is 0 Å². The van der Waals surface area contributed by atoms with Gasteiger partial charge in [-0.15, -0.1) is 0 Å². The molecule has 0 aliphatic carbocycles. The highest BCUT2D eigenvalue weighted by atomic mass is 16.5. The lowest BCUT2D eigenvalue weighted by atomic mass is 10.1. The standard InChI is InChI=1S/C14H19N3O.C2H6/c1-4-11-12(15-2)5-6-13(18-3)14(11)17-9-7-16-8-10-17;1-2/h4-6,16H,1-2,7-10H2,3H3;1-2H3. The summed E-state index contributed by atoms with van der Waals surface area (Å²) in [6, 6.07) is 3.85. The van der Waals surface area contributed by atoms with Crippen molar-refractivity contribution in [1.82, 2.24) is 5.32 Å². The van der Waals surface area contributed by atoms with Crippen LogP contribution in [0.25, 0.3) is 6.08 Å². The Morgan fingerprint density at radius 3 is 2.45 bits per heavy atom. The third-order valence-corrected chi connectivity index (χ3v) is 3.18. The zero-order chi connectivity index (χ0) is 15.0. The van der Waals surface area contributed by atoms with Crippen molar-refractivity contribution < 1.29 is 4.74 Å². The summed E-state index contributed by atoms with van der Waals surface area (Å²) >= 11 is 0. The fourth-order valence-electron chi connectivity index (χ4n) is 2.30. The van der Waals surface area contributed by atoms with Gasteiger partial charge in [0, 0.05) is 31.7 Å². The predicted molar refractivity (Wildman–Crippen MR) is 88.7 cm³/mol. The molecule has 1 saturated heterocycles. The molecule has 20 heavy (non-hydrogen) atoms. The third-order valence-electron chi connectivity index (χ3n) is 3.18. The van der Waals surface area contributed by atoms with Gasteiger partial charge in [0.1, 0.15) is 5.75 Å². The Bertz CT molecular complexity index is 451. The third kappa shape index (κ3) is 3.39. The van der Waals surface area contributed by atoms with Crippen LogP contribution in [0.2, 0.25) is 0 Å². The van der Waals surface area contributed by atoms with Crippen molar-refractivity contribution in [2.45, 2.75) is 13.8 Å². The van der Waals surface area contributed by atoms with Gasteiger partial charge in [0.15, 0.2) is 0 Å². The van der Waals surface area contributed by atoms with E-state index >= 15 is 0 Å². The number of nitrogens with one attached hydrogen (secondary N) is 1. The number of aliphatic imine (C=N–C) groups is 1. The summed E-state index contributed by atoms with van der Waals surface area (Å²) in [5.74, 6) is 0.860. The largest absolute Gasteiger partial charge is 0.495 e. The van der Waals surface area contributed by atoms with Crippen LogP contribution in [0, 0.1) is 0 Å². The number of ether oxygens (including phenoxy) is 1. The number of piperazine rings is 1. The second kappa shape index (κ2) is 8.38. The number of nitrogens with zero attached hydrogens (tertiary/aromatic N) is 2. The summed E-state index contributed by atoms with van der Waals surface area (Å²) in [7, 11) is 1.69. The van der Waals surface area contributed by atoms with Gasteiger partial charge in [-0.25, -0.2) is 0 Å². The Kier molecular flexibility index (Phi) is 6.81. The highest BCUT2D eigenvalue weighted by molar-refractivity contribution is 5.82. The van der Waals surface area contributed by atoms with Crippen molar-refractivity contribution in [3.8, 4) is 5.75 Å². The van der Waals surface area contributed by atoms with E-state index in [2.05, 4.69) is 28.5 Å². The molecule has 4 nitrogen and oxygen atoms in total. The molecule has 110 valence electrons. The first-order valence-corrected chi connectivity index (χ1v) is 7.07. The van der Waals surface area contributed by atoms with Crippen LogP contribution in [0.3, 0.4) is 0 Å². The Hall–Kier alpha value is -1.81. The highest BCUT2D eigenvalue weighted by Crippen LogP contribution is 2.38. The summed E-state index contributed by atoms with van der Waals surface area (Å²) in [6.07, 6.45) is 1.82. The lowest BCUT2D eigenvalue weighted by Gasteiger charge is -2.32. The fourth-order valence-corrected chi connectivity index (χ4v) is 2.30. The molecular weight excluding hydrogens is 250 g/mol. The summed E-state index contributed by atoms with van der Waals surface area (Å²) in [5, 5.41) is 3.34. The summed E-state index contributed by atoms with van der Waals surface area (Å²) < 4.78 is 5.47. The van der Waals surface area contributed by atoms with E-state index in [1.165, 1.54) is 0 Å². The average molecular weight is 275 g/mol. The van der Waals surface area contributed by atoms with E-state index in [-0.39, 0.29) is 0 Å². The minimum absolute atomic E-state index is 0.847. The quantitative estimate of drug-likeness (QED) is 0.858. The maximum Gasteiger partial charge on any atom is 0.142 e. The van der Waals surface area contributed by atoms with E-state index in [1.807, 2.05) is 32.1 Å². The maximum atomic E-state index is 5.47. The number of hydrogen-bond acceptors (Lipinski definition) is 4. The number of benzene rings is 1. The molecule has 4 heteroatoms. The molecule has 0 bridgehead atoms. The predicted octanol–water partition coefficient (Wildman–Crippen LogP) is 3.11. The molecule has 0 atom stereocenters. The van der Waals surface area contributed by atoms with Gasteiger partial charge in [0.25, 0.3) is 0 Å². The van der Waals surface area contributed by atoms with E-state index < -0.39 is 0 Å². The van der Waals surface area contributed by atoms with Gasteiger partial charge in [0.05, 0.1) is 18.5 Å². The van der Waals surface area contributed by atoms with Gasteiger partial charge in [-0.3, -0.25) is 4.99 Å². The molecule has 1 aromatic rings. The summed E-state index contributed by atoms with van der Waals surface area (Å²) in [4.78, 5) is 6.36. The van der Waals surface area contributed by atoms with Crippen molar-refractivity contribution in [1.29, 1.82) is 0 Å². The van der Waals surface area contributed by atoms with Gasteiger partial charge in [-0.05, 0) is 18.9 Å². The topological polar surface area (TPSA) is 36.9 Å². The molecule has 0 saturated carbocycles. The van der Waals surface area contributed by atoms with Crippen LogP contribution in [-0.4, -0.2) is 40.0 Å². The lowest BCUT2D eigenvalue weighted by molar-refractivity contribution is 0.413. The number of rotatable bonds is 4. The molecule has 1 heterocycles. The monoisotopic (exact) mass is 275 g/mol. The molecule has 1 aliphatic heterocycles. The molecular formula is C16H25N3O. The SMILES string of the molecule is C=Cc1c(N=C)ccc(OC)c1N1CCNCC1.CC. The van der Waals surface area contributed by atoms with E-state index in [4.69, 9.17) is 4.74 Å². The van der Waals surface area contributed by atoms with Crippen molar-refractivity contribution in [2.24, 2.45) is 4.99 Å². The number of anilines is 1. The van der Waals surface area contributed by atoms with Crippen molar-refractivity contribution >= 4 is 24.2 Å². The van der Waals surface area contributed by atoms with E-state index in [0.717, 1.165) is 48.9 Å². The van der Waals surface area contributed by atoms with Crippen molar-refractivity contribution in [2.75, 3.05) is 38.2 Å². The molecule has 1 aromatic carbocycles. The Morgan fingerprint density at radius 1 is 1.30 bits per heavy atom. The molecule has 1 aliphatic rings. The first kappa shape index (κ1) is 16.2. The molecule has 1 N–H and O–H groups in total. The van der Waals surface area contributed by atoms with Crippen LogP contribution >= 0.6 is 0 Å². The minimum Gasteiger partial charge on any atom is -0.495 e. The zero-order valence-corrected chi connectivity index (χ0v) is 12.8. The van der Waals surface area contributed by atoms with Gasteiger partial charge in [-0.2, -0.15) is 0 Å². The van der Waals surface area contributed by atoms with Crippen molar-refractivity contribution in [3.63, 3.8) is 0 Å². The Balaban J connectivity index is 0.000000956. The second-order valence-electron chi connectivity index (χ2n) is 4.15. The molecule has 0 amide bonds. The van der Waals surface area contributed by atoms with E-state index in [9.17, 15) is 0 Å². The lowest BCUT2D eigenvalue weighted by Crippen LogP contribution is -2.43. The minimum atomic E-state index is 0.847. The number of hydrogen-bond donors (Lipinski definition) is 1. The number of methoxy groups -OCH3 is 1. The van der Waals surface area contributed by atoms with Crippen LogP contribution in [0.15, 0.2) is 23.7 Å². The normalized spacial score (nSPS) is 14.1. The van der Waals surface area contributed by atoms with Crippen LogP contribution in [0.4, 0.5) is 11.4 Å². The van der Waals surface area contributed by atoms with Crippen LogP contribution in [0.1, 0.15) is 19.4 Å². The molecule has 0 spiro atoms. The summed E-state index contributed by atoms with van der Waals surface area (Å²) in [6.45, 7) is 15.4. The molecule has 0 aromatic heterocycles. The van der Waals surface area contributed by atoms with Gasteiger partial charge in [-0.1, -0.05) is 26.5 Å². The maximum absolute atomic E-state index is 5.47. The molecule has 1 fully saturated rings. The second-order valence-corrected chi connectivity index (χ2v) is 4.15. The van der Waals surface area contributed by atoms with Crippen LogP contribution in [0.5, 0.6) is 5.75 Å². The zero-order valence-electron chi connectivity index (χ0n) is 12.8. The molecule has 2 rings (SSSR count). The van der Waals surface area contributed by atoms with Gasteiger partial charge in [0.2, 0.25) is 0 Å². The van der Waals surface area contributed by atoms with Crippen molar-refractivity contribution in [3.05, 3.63) is 24.3 Å². The van der Waals surface area contributed by atoms with Crippen LogP contribution in [-0.2, 0) is 0 Å². The summed E-state index contributed by atoms with van der Waals surface area (Å²) in [5.41, 5.74) is 2.91. The smallest absolute Gasteiger partial charge is 0.142 e. The molecule has 0 radical (unpaired) electrons. The first-order chi connectivity index (χ1) is 9.81. The molecule has 0 unspecified atom stereocenters. The van der Waals surface area contributed by atoms with Gasteiger partial charge < -0.3 is 15.0 Å². The average Bonchev–Trinajstić information content (AvgIpc) is 2.55. The van der Waals surface area contributed by atoms with Gasteiger partial charge >= 0.3 is 0 Å². The van der Waals surface area contributed by atoms with Crippen LogP contribution < -0.4 is 15.0 Å². The fraction of sp³-hybridized carbons (Fsp3) is 0.438. The highest BCUT2D eigenvalue weighted by Gasteiger charge is 2.19. The Morgan fingerprint density at radius 2 is 1.95 bits per heavy atom.